The molecule has 0 atom stereocenters. The smallest absolute Gasteiger partial charge is 0.137 e. The van der Waals surface area contributed by atoms with E-state index in [1.807, 2.05) is 35.1 Å². The van der Waals surface area contributed by atoms with Crippen molar-refractivity contribution in [3.8, 4) is 34.1 Å². The van der Waals surface area contributed by atoms with Gasteiger partial charge in [-0.1, -0.05) is 61.9 Å². The molecule has 0 amide bonds. The first kappa shape index (κ1) is 26.7. The molecule has 0 radical (unpaired) electrons. The zero-order chi connectivity index (χ0) is 29.7. The molecule has 4 aromatic carbocycles. The zero-order valence-electron chi connectivity index (χ0n) is 25.2. The first-order chi connectivity index (χ1) is 20.9. The van der Waals surface area contributed by atoms with Gasteiger partial charge in [0.25, 0.3) is 0 Å². The monoisotopic (exact) mass is 562 g/mol. The predicted molar refractivity (Wildman–Crippen MR) is 176 cm³/mol. The number of nitrogens with zero attached hydrogens (tertiary/aromatic N) is 4. The van der Waals surface area contributed by atoms with Crippen molar-refractivity contribution in [3.63, 3.8) is 0 Å². The second kappa shape index (κ2) is 10.6. The van der Waals surface area contributed by atoms with Crippen molar-refractivity contribution in [2.75, 3.05) is 0 Å². The quantitative estimate of drug-likeness (QED) is 0.203. The van der Waals surface area contributed by atoms with Crippen LogP contribution in [0.2, 0.25) is 0 Å². The maximum atomic E-state index is 6.51. The topological polar surface area (TPSA) is 44.9 Å². The van der Waals surface area contributed by atoms with Crippen LogP contribution in [0.3, 0.4) is 0 Å². The molecule has 5 nitrogen and oxygen atoms in total. The van der Waals surface area contributed by atoms with E-state index in [1.54, 1.807) is 0 Å². The average molecular weight is 563 g/mol. The second-order valence-electron chi connectivity index (χ2n) is 11.6. The van der Waals surface area contributed by atoms with E-state index in [4.69, 9.17) is 14.8 Å². The van der Waals surface area contributed by atoms with Gasteiger partial charge in [-0.3, -0.25) is 4.57 Å². The molecule has 3 heterocycles. The number of benzene rings is 4. The van der Waals surface area contributed by atoms with Gasteiger partial charge in [-0.15, -0.1) is 0 Å². The van der Waals surface area contributed by atoms with Gasteiger partial charge in [0.05, 0.1) is 22.4 Å². The SMILES string of the molecule is Cc1ccc2c(c1)c1ccc(Oc3cccc(-n4nc(C)c(-c5ccccc5)c4C)c3)cc1n2-c1cc(C(C)C)ccn1. The highest BCUT2D eigenvalue weighted by Crippen LogP contribution is 2.36. The Morgan fingerprint density at radius 1 is 0.698 bits per heavy atom. The van der Waals surface area contributed by atoms with Crippen LogP contribution in [0, 0.1) is 20.8 Å². The molecule has 7 aromatic rings. The van der Waals surface area contributed by atoms with E-state index in [0.717, 1.165) is 51.0 Å². The number of pyridine rings is 1. The van der Waals surface area contributed by atoms with Crippen molar-refractivity contribution in [1.29, 1.82) is 0 Å². The fourth-order valence-corrected chi connectivity index (χ4v) is 6.07. The van der Waals surface area contributed by atoms with Gasteiger partial charge in [0.2, 0.25) is 0 Å². The summed E-state index contributed by atoms with van der Waals surface area (Å²) in [6.45, 7) is 10.7. The number of fused-ring (bicyclic) bond motifs is 3. The third kappa shape index (κ3) is 4.77. The number of aromatic nitrogens is 4. The Bertz CT molecular complexity index is 2120. The largest absolute Gasteiger partial charge is 0.457 e. The summed E-state index contributed by atoms with van der Waals surface area (Å²) < 4.78 is 10.8. The van der Waals surface area contributed by atoms with Crippen molar-refractivity contribution < 1.29 is 4.74 Å². The lowest BCUT2D eigenvalue weighted by atomic mass is 10.0. The average Bonchev–Trinajstić information content (AvgIpc) is 3.50. The first-order valence-electron chi connectivity index (χ1n) is 14.8. The lowest BCUT2D eigenvalue weighted by Gasteiger charge is -2.12. The molecule has 0 aliphatic rings. The van der Waals surface area contributed by atoms with E-state index >= 15 is 0 Å². The standard InChI is InChI=1S/C38H34N4O/c1-24(2)29-18-19-39-37(21-29)41-35-17-14-25(3)20-34(35)33-16-15-32(23-36(33)41)43-31-13-9-12-30(22-31)42-27(5)38(26(4)40-42)28-10-7-6-8-11-28/h6-24H,1-5H3. The minimum absolute atomic E-state index is 0.411. The van der Waals surface area contributed by atoms with Crippen LogP contribution >= 0.6 is 0 Å². The van der Waals surface area contributed by atoms with Crippen LogP contribution < -0.4 is 4.74 Å². The second-order valence-corrected chi connectivity index (χ2v) is 11.6. The molecule has 0 saturated heterocycles. The molecule has 5 heteroatoms. The summed E-state index contributed by atoms with van der Waals surface area (Å²) in [5, 5.41) is 7.27. The molecule has 212 valence electrons. The number of hydrogen-bond acceptors (Lipinski definition) is 3. The molecule has 3 aromatic heterocycles. The van der Waals surface area contributed by atoms with Gasteiger partial charge >= 0.3 is 0 Å². The Balaban J connectivity index is 1.30. The molecule has 0 aliphatic heterocycles. The van der Waals surface area contributed by atoms with Crippen molar-refractivity contribution >= 4 is 21.8 Å². The first-order valence-corrected chi connectivity index (χ1v) is 14.8. The molecule has 7 rings (SSSR count). The van der Waals surface area contributed by atoms with Crippen LogP contribution in [0.1, 0.15) is 42.3 Å². The maximum absolute atomic E-state index is 6.51. The lowest BCUT2D eigenvalue weighted by Crippen LogP contribution is -2.00. The number of aryl methyl sites for hydroxylation is 2. The van der Waals surface area contributed by atoms with Crippen molar-refractivity contribution in [2.24, 2.45) is 0 Å². The number of rotatable bonds is 6. The van der Waals surface area contributed by atoms with Crippen molar-refractivity contribution in [2.45, 2.75) is 40.5 Å². The summed E-state index contributed by atoms with van der Waals surface area (Å²) in [5.41, 5.74) is 10.1. The summed E-state index contributed by atoms with van der Waals surface area (Å²) in [5.74, 6) is 2.84. The van der Waals surface area contributed by atoms with E-state index in [0.29, 0.717) is 5.92 Å². The summed E-state index contributed by atoms with van der Waals surface area (Å²) in [6.07, 6.45) is 1.91. The molecule has 0 bridgehead atoms. The van der Waals surface area contributed by atoms with Crippen molar-refractivity contribution in [1.82, 2.24) is 19.3 Å². The highest BCUT2D eigenvalue weighted by molar-refractivity contribution is 6.09. The molecular formula is C38H34N4O. The molecular weight excluding hydrogens is 528 g/mol. The van der Waals surface area contributed by atoms with Gasteiger partial charge in [-0.05, 0) is 86.3 Å². The lowest BCUT2D eigenvalue weighted by molar-refractivity contribution is 0.482. The Morgan fingerprint density at radius 2 is 1.51 bits per heavy atom. The number of hydrogen-bond donors (Lipinski definition) is 0. The van der Waals surface area contributed by atoms with E-state index in [1.165, 1.54) is 27.5 Å². The van der Waals surface area contributed by atoms with Crippen LogP contribution in [-0.2, 0) is 0 Å². The summed E-state index contributed by atoms with van der Waals surface area (Å²) in [4.78, 5) is 4.80. The fourth-order valence-electron chi connectivity index (χ4n) is 6.07. The van der Waals surface area contributed by atoms with Crippen LogP contribution in [0.5, 0.6) is 11.5 Å². The highest BCUT2D eigenvalue weighted by Gasteiger charge is 2.17. The summed E-state index contributed by atoms with van der Waals surface area (Å²) >= 11 is 0. The van der Waals surface area contributed by atoms with Gasteiger partial charge in [-0.25, -0.2) is 9.67 Å². The van der Waals surface area contributed by atoms with Gasteiger partial charge in [0, 0.05) is 40.4 Å². The minimum atomic E-state index is 0.411. The molecule has 0 fully saturated rings. The van der Waals surface area contributed by atoms with E-state index in [-0.39, 0.29) is 0 Å². The minimum Gasteiger partial charge on any atom is -0.457 e. The molecule has 0 saturated carbocycles. The van der Waals surface area contributed by atoms with Crippen molar-refractivity contribution in [3.05, 3.63) is 132 Å². The zero-order valence-corrected chi connectivity index (χ0v) is 25.2. The fraction of sp³-hybridized carbons (Fsp3) is 0.158. The van der Waals surface area contributed by atoms with Crippen LogP contribution in [0.4, 0.5) is 0 Å². The van der Waals surface area contributed by atoms with Gasteiger partial charge < -0.3 is 4.74 Å². The molecule has 0 unspecified atom stereocenters. The Hall–Kier alpha value is -5.16. The van der Waals surface area contributed by atoms with E-state index in [2.05, 4.69) is 118 Å². The molecule has 43 heavy (non-hydrogen) atoms. The van der Waals surface area contributed by atoms with Gasteiger partial charge in [0.15, 0.2) is 0 Å². The molecule has 0 N–H and O–H groups in total. The third-order valence-electron chi connectivity index (χ3n) is 8.21. The van der Waals surface area contributed by atoms with Crippen LogP contribution in [0.15, 0.2) is 109 Å². The van der Waals surface area contributed by atoms with Crippen LogP contribution in [0.25, 0.3) is 44.4 Å². The third-order valence-corrected chi connectivity index (χ3v) is 8.21. The molecule has 0 aliphatic carbocycles. The summed E-state index contributed by atoms with van der Waals surface area (Å²) in [6, 6.07) is 35.8. The van der Waals surface area contributed by atoms with Crippen LogP contribution in [-0.4, -0.2) is 19.3 Å². The summed E-state index contributed by atoms with van der Waals surface area (Å²) in [7, 11) is 0. The Labute approximate surface area is 252 Å². The normalized spacial score (nSPS) is 11.6. The van der Waals surface area contributed by atoms with Gasteiger partial charge in [-0.2, -0.15) is 5.10 Å². The molecule has 0 spiro atoms. The highest BCUT2D eigenvalue weighted by atomic mass is 16.5. The number of ether oxygens (including phenoxy) is 1. The maximum Gasteiger partial charge on any atom is 0.137 e. The van der Waals surface area contributed by atoms with Gasteiger partial charge in [0.1, 0.15) is 17.3 Å². The van der Waals surface area contributed by atoms with E-state index in [9.17, 15) is 0 Å². The van der Waals surface area contributed by atoms with E-state index < -0.39 is 0 Å². The Morgan fingerprint density at radius 3 is 2.33 bits per heavy atom. The predicted octanol–water partition coefficient (Wildman–Crippen LogP) is 9.87. The Kier molecular flexibility index (Phi) is 6.58.